The van der Waals surface area contributed by atoms with Crippen molar-refractivity contribution in [2.24, 2.45) is 0 Å². The summed E-state index contributed by atoms with van der Waals surface area (Å²) >= 11 is 6.04. The number of rotatable bonds is 1. The van der Waals surface area contributed by atoms with Gasteiger partial charge in [-0.05, 0) is 36.2 Å². The lowest BCUT2D eigenvalue weighted by Gasteiger charge is -2.18. The first kappa shape index (κ1) is 11.1. The molecule has 2 heterocycles. The van der Waals surface area contributed by atoms with Gasteiger partial charge < -0.3 is 4.90 Å². The maximum absolute atomic E-state index is 8.89. The summed E-state index contributed by atoms with van der Waals surface area (Å²) in [6.45, 7) is 0.873. The summed E-state index contributed by atoms with van der Waals surface area (Å²) in [5, 5.41) is 9.61. The number of halogens is 1. The lowest BCUT2D eigenvalue weighted by Crippen LogP contribution is -2.14. The average Bonchev–Trinajstić information content (AvgIpc) is 2.81. The SMILES string of the molecule is N#Cc1cccc(N2CCc3ccc(Cl)cc32)n1. The summed E-state index contributed by atoms with van der Waals surface area (Å²) in [5.41, 5.74) is 2.79. The molecular formula is C14H10ClN3. The van der Waals surface area contributed by atoms with Crippen LogP contribution >= 0.6 is 11.6 Å². The Morgan fingerprint density at radius 2 is 2.17 bits per heavy atom. The minimum absolute atomic E-state index is 0.433. The molecule has 1 aliphatic heterocycles. The Kier molecular flexibility index (Phi) is 2.66. The third kappa shape index (κ3) is 1.81. The van der Waals surface area contributed by atoms with Crippen molar-refractivity contribution in [2.45, 2.75) is 6.42 Å². The van der Waals surface area contributed by atoms with Crippen LogP contribution in [0.4, 0.5) is 11.5 Å². The Bertz CT molecular complexity index is 646. The Labute approximate surface area is 110 Å². The van der Waals surface area contributed by atoms with Crippen molar-refractivity contribution in [1.82, 2.24) is 4.98 Å². The van der Waals surface area contributed by atoms with Crippen LogP contribution in [0.2, 0.25) is 5.02 Å². The fraction of sp³-hybridized carbons (Fsp3) is 0.143. The molecule has 2 aromatic rings. The highest BCUT2D eigenvalue weighted by Gasteiger charge is 2.21. The maximum atomic E-state index is 8.89. The topological polar surface area (TPSA) is 39.9 Å². The normalized spacial score (nSPS) is 13.2. The van der Waals surface area contributed by atoms with Gasteiger partial charge in [0.05, 0.1) is 0 Å². The molecule has 0 spiro atoms. The highest BCUT2D eigenvalue weighted by Crippen LogP contribution is 2.35. The molecule has 3 nitrogen and oxygen atoms in total. The van der Waals surface area contributed by atoms with E-state index in [0.29, 0.717) is 5.69 Å². The van der Waals surface area contributed by atoms with Crippen LogP contribution in [-0.4, -0.2) is 11.5 Å². The Morgan fingerprint density at radius 3 is 3.00 bits per heavy atom. The second-order valence-electron chi connectivity index (χ2n) is 4.17. The molecule has 0 bridgehead atoms. The summed E-state index contributed by atoms with van der Waals surface area (Å²) in [4.78, 5) is 6.42. The van der Waals surface area contributed by atoms with E-state index in [-0.39, 0.29) is 0 Å². The number of hydrogen-bond donors (Lipinski definition) is 0. The third-order valence-electron chi connectivity index (χ3n) is 3.07. The van der Waals surface area contributed by atoms with Crippen LogP contribution in [0, 0.1) is 11.3 Å². The number of aromatic nitrogens is 1. The smallest absolute Gasteiger partial charge is 0.142 e. The van der Waals surface area contributed by atoms with Crippen LogP contribution in [0.15, 0.2) is 36.4 Å². The van der Waals surface area contributed by atoms with Gasteiger partial charge in [0.15, 0.2) is 0 Å². The van der Waals surface area contributed by atoms with Gasteiger partial charge in [0.1, 0.15) is 17.6 Å². The van der Waals surface area contributed by atoms with E-state index in [9.17, 15) is 0 Å². The summed E-state index contributed by atoms with van der Waals surface area (Å²) in [6, 6.07) is 13.4. The zero-order valence-electron chi connectivity index (χ0n) is 9.60. The first-order valence-corrected chi connectivity index (χ1v) is 6.09. The van der Waals surface area contributed by atoms with E-state index in [1.807, 2.05) is 30.3 Å². The van der Waals surface area contributed by atoms with E-state index < -0.39 is 0 Å². The molecule has 0 N–H and O–H groups in total. The van der Waals surface area contributed by atoms with Gasteiger partial charge in [-0.25, -0.2) is 4.98 Å². The first-order valence-electron chi connectivity index (χ1n) is 5.71. The molecule has 88 valence electrons. The zero-order chi connectivity index (χ0) is 12.5. The van der Waals surface area contributed by atoms with Crippen molar-refractivity contribution in [3.8, 4) is 6.07 Å². The molecule has 0 saturated carbocycles. The van der Waals surface area contributed by atoms with Crippen molar-refractivity contribution >= 4 is 23.1 Å². The van der Waals surface area contributed by atoms with Crippen molar-refractivity contribution < 1.29 is 0 Å². The van der Waals surface area contributed by atoms with E-state index in [1.165, 1.54) is 5.56 Å². The molecule has 0 radical (unpaired) electrons. The van der Waals surface area contributed by atoms with Crippen molar-refractivity contribution in [2.75, 3.05) is 11.4 Å². The van der Waals surface area contributed by atoms with Crippen molar-refractivity contribution in [3.63, 3.8) is 0 Å². The third-order valence-corrected chi connectivity index (χ3v) is 3.30. The molecule has 1 aromatic carbocycles. The fourth-order valence-corrected chi connectivity index (χ4v) is 2.39. The largest absolute Gasteiger partial charge is 0.326 e. The molecule has 18 heavy (non-hydrogen) atoms. The Morgan fingerprint density at radius 1 is 1.28 bits per heavy atom. The second-order valence-corrected chi connectivity index (χ2v) is 4.60. The number of anilines is 2. The van der Waals surface area contributed by atoms with Crippen LogP contribution in [0.5, 0.6) is 0 Å². The molecule has 3 rings (SSSR count). The molecule has 1 aromatic heterocycles. The molecule has 0 fully saturated rings. The molecule has 0 saturated heterocycles. The van der Waals surface area contributed by atoms with Gasteiger partial charge in [0.25, 0.3) is 0 Å². The van der Waals surface area contributed by atoms with Crippen LogP contribution in [0.3, 0.4) is 0 Å². The van der Waals surface area contributed by atoms with Gasteiger partial charge in [0, 0.05) is 17.3 Å². The van der Waals surface area contributed by atoms with Crippen LogP contribution in [0.1, 0.15) is 11.3 Å². The van der Waals surface area contributed by atoms with Crippen LogP contribution in [0.25, 0.3) is 0 Å². The number of fused-ring (bicyclic) bond motifs is 1. The number of nitriles is 1. The number of benzene rings is 1. The summed E-state index contributed by atoms with van der Waals surface area (Å²) in [6.07, 6.45) is 0.977. The van der Waals surface area contributed by atoms with Crippen molar-refractivity contribution in [3.05, 3.63) is 52.7 Å². The van der Waals surface area contributed by atoms with Gasteiger partial charge in [0.2, 0.25) is 0 Å². The molecule has 0 unspecified atom stereocenters. The predicted octanol–water partition coefficient (Wildman–Crippen LogP) is 3.30. The minimum Gasteiger partial charge on any atom is -0.326 e. The monoisotopic (exact) mass is 255 g/mol. The maximum Gasteiger partial charge on any atom is 0.142 e. The molecule has 1 aliphatic rings. The lowest BCUT2D eigenvalue weighted by molar-refractivity contribution is 0.971. The van der Waals surface area contributed by atoms with E-state index in [2.05, 4.69) is 16.0 Å². The van der Waals surface area contributed by atoms with E-state index in [1.54, 1.807) is 6.07 Å². The molecule has 0 aliphatic carbocycles. The van der Waals surface area contributed by atoms with Crippen LogP contribution in [-0.2, 0) is 6.42 Å². The van der Waals surface area contributed by atoms with Crippen LogP contribution < -0.4 is 4.90 Å². The average molecular weight is 256 g/mol. The van der Waals surface area contributed by atoms with Gasteiger partial charge in [-0.2, -0.15) is 5.26 Å². The van der Waals surface area contributed by atoms with Crippen molar-refractivity contribution in [1.29, 1.82) is 5.26 Å². The molecule has 4 heteroatoms. The first-order chi connectivity index (χ1) is 8.78. The summed E-state index contributed by atoms with van der Waals surface area (Å²) in [7, 11) is 0. The fourth-order valence-electron chi connectivity index (χ4n) is 2.23. The zero-order valence-corrected chi connectivity index (χ0v) is 10.4. The molecular weight excluding hydrogens is 246 g/mol. The van der Waals surface area contributed by atoms with Gasteiger partial charge in [-0.1, -0.05) is 23.7 Å². The van der Waals surface area contributed by atoms with E-state index in [0.717, 1.165) is 29.5 Å². The highest BCUT2D eigenvalue weighted by molar-refractivity contribution is 6.30. The number of hydrogen-bond acceptors (Lipinski definition) is 3. The second kappa shape index (κ2) is 4.32. The number of pyridine rings is 1. The standard InChI is InChI=1S/C14H10ClN3/c15-11-5-4-10-6-7-18(13(10)8-11)14-3-1-2-12(9-16)17-14/h1-5,8H,6-7H2. The minimum atomic E-state index is 0.433. The Hall–Kier alpha value is -2.05. The predicted molar refractivity (Wildman–Crippen MR) is 71.1 cm³/mol. The highest BCUT2D eigenvalue weighted by atomic mass is 35.5. The van der Waals surface area contributed by atoms with E-state index in [4.69, 9.17) is 16.9 Å². The summed E-state index contributed by atoms with van der Waals surface area (Å²) in [5.74, 6) is 0.801. The molecule has 0 atom stereocenters. The quantitative estimate of drug-likeness (QED) is 0.785. The lowest BCUT2D eigenvalue weighted by atomic mass is 10.2. The molecule has 0 amide bonds. The van der Waals surface area contributed by atoms with Gasteiger partial charge >= 0.3 is 0 Å². The Balaban J connectivity index is 2.06. The summed E-state index contributed by atoms with van der Waals surface area (Å²) < 4.78 is 0. The number of nitrogens with zero attached hydrogens (tertiary/aromatic N) is 3. The van der Waals surface area contributed by atoms with Gasteiger partial charge in [-0.3, -0.25) is 0 Å². The van der Waals surface area contributed by atoms with Gasteiger partial charge in [-0.15, -0.1) is 0 Å². The van der Waals surface area contributed by atoms with E-state index >= 15 is 0 Å².